The van der Waals surface area contributed by atoms with Gasteiger partial charge in [-0.1, -0.05) is 37.6 Å². The van der Waals surface area contributed by atoms with Crippen molar-refractivity contribution in [2.24, 2.45) is 23.7 Å². The van der Waals surface area contributed by atoms with Crippen LogP contribution >= 0.6 is 0 Å². The summed E-state index contributed by atoms with van der Waals surface area (Å²) in [6, 6.07) is 6.04. The number of hydrogen-bond acceptors (Lipinski definition) is 3. The van der Waals surface area contributed by atoms with Gasteiger partial charge in [-0.2, -0.15) is 0 Å². The van der Waals surface area contributed by atoms with E-state index in [1.165, 1.54) is 24.0 Å². The molecule has 4 atom stereocenters. The predicted molar refractivity (Wildman–Crippen MR) is 99.4 cm³/mol. The van der Waals surface area contributed by atoms with Gasteiger partial charge in [-0.25, -0.2) is 0 Å². The molecule has 0 radical (unpaired) electrons. The molecule has 0 saturated heterocycles. The second-order valence-corrected chi connectivity index (χ2v) is 7.83. The summed E-state index contributed by atoms with van der Waals surface area (Å²) in [7, 11) is 0. The van der Waals surface area contributed by atoms with E-state index < -0.39 is 17.8 Å². The zero-order valence-corrected chi connectivity index (χ0v) is 15.1. The topological polar surface area (TPSA) is 69.6 Å². The van der Waals surface area contributed by atoms with Crippen LogP contribution in [0.2, 0.25) is 0 Å². The third-order valence-electron chi connectivity index (χ3n) is 6.18. The van der Waals surface area contributed by atoms with Crippen LogP contribution in [0, 0.1) is 23.7 Å². The van der Waals surface area contributed by atoms with Gasteiger partial charge >= 0.3 is 5.97 Å². The van der Waals surface area contributed by atoms with E-state index >= 15 is 0 Å². The number of aliphatic carboxylic acids is 1. The van der Waals surface area contributed by atoms with Crippen LogP contribution in [0.1, 0.15) is 37.3 Å². The number of carboxylic acids is 1. The first-order valence-corrected chi connectivity index (χ1v) is 9.63. The average Bonchev–Trinajstić information content (AvgIpc) is 3.33. The van der Waals surface area contributed by atoms with Crippen LogP contribution in [-0.2, 0) is 22.7 Å². The van der Waals surface area contributed by atoms with E-state index in [0.29, 0.717) is 0 Å². The molecule has 1 amide bonds. The smallest absolute Gasteiger partial charge is 0.307 e. The number of amides is 1. The van der Waals surface area contributed by atoms with Gasteiger partial charge in [0.2, 0.25) is 5.91 Å². The molecule has 1 saturated carbocycles. The number of carbonyl (C=O) groups is 2. The number of unbranched alkanes of at least 4 members (excludes halogenated alkanes) is 1. The number of nitrogens with zero attached hydrogens (tertiary/aromatic N) is 1. The van der Waals surface area contributed by atoms with Crippen molar-refractivity contribution in [2.75, 3.05) is 11.9 Å². The van der Waals surface area contributed by atoms with Crippen molar-refractivity contribution < 1.29 is 14.7 Å². The highest BCUT2D eigenvalue weighted by molar-refractivity contribution is 5.97. The average molecular weight is 354 g/mol. The summed E-state index contributed by atoms with van der Waals surface area (Å²) in [6.45, 7) is 5.03. The van der Waals surface area contributed by atoms with Crippen LogP contribution < -0.4 is 5.32 Å². The van der Waals surface area contributed by atoms with Crippen molar-refractivity contribution in [1.29, 1.82) is 0 Å². The minimum atomic E-state index is -0.856. The minimum Gasteiger partial charge on any atom is -0.481 e. The first-order chi connectivity index (χ1) is 12.6. The number of nitrogens with one attached hydrogen (secondary N) is 1. The van der Waals surface area contributed by atoms with Crippen molar-refractivity contribution >= 4 is 17.6 Å². The number of carbonyl (C=O) groups excluding carboxylic acids is 1. The molecule has 138 valence electrons. The summed E-state index contributed by atoms with van der Waals surface area (Å²) >= 11 is 0. The Hall–Kier alpha value is -2.14. The summed E-state index contributed by atoms with van der Waals surface area (Å²) in [4.78, 5) is 27.0. The molecular formula is C21H26N2O3. The molecule has 2 aliphatic carbocycles. The Labute approximate surface area is 154 Å². The van der Waals surface area contributed by atoms with Crippen molar-refractivity contribution in [1.82, 2.24) is 4.90 Å². The SMILES string of the molecule is CCCCN1Cc2cccc(NC(=O)C3C4C=CC(C4)C3C(=O)O)c2C1. The fourth-order valence-electron chi connectivity index (χ4n) is 4.88. The highest BCUT2D eigenvalue weighted by atomic mass is 16.4. The van der Waals surface area contributed by atoms with Gasteiger partial charge in [0.25, 0.3) is 0 Å². The Morgan fingerprint density at radius 3 is 2.69 bits per heavy atom. The molecule has 5 nitrogen and oxygen atoms in total. The van der Waals surface area contributed by atoms with E-state index in [0.717, 1.165) is 31.7 Å². The van der Waals surface area contributed by atoms with Gasteiger partial charge in [0, 0.05) is 18.8 Å². The van der Waals surface area contributed by atoms with Crippen molar-refractivity contribution in [3.05, 3.63) is 41.5 Å². The fraction of sp³-hybridized carbons (Fsp3) is 0.524. The summed E-state index contributed by atoms with van der Waals surface area (Å²) in [5, 5.41) is 12.6. The first kappa shape index (κ1) is 17.3. The van der Waals surface area contributed by atoms with E-state index in [9.17, 15) is 14.7 Å². The first-order valence-electron chi connectivity index (χ1n) is 9.63. The molecule has 2 N–H and O–H groups in total. The van der Waals surface area contributed by atoms with Gasteiger partial charge in [0.15, 0.2) is 0 Å². The molecule has 1 aromatic carbocycles. The molecule has 1 aromatic rings. The molecule has 1 aliphatic heterocycles. The lowest BCUT2D eigenvalue weighted by molar-refractivity contribution is -0.146. The molecule has 2 bridgehead atoms. The van der Waals surface area contributed by atoms with Crippen LogP contribution in [-0.4, -0.2) is 28.4 Å². The quantitative estimate of drug-likeness (QED) is 0.770. The van der Waals surface area contributed by atoms with E-state index in [2.05, 4.69) is 23.2 Å². The number of carboxylic acid groups (broad SMARTS) is 1. The van der Waals surface area contributed by atoms with Gasteiger partial charge in [-0.15, -0.1) is 0 Å². The van der Waals surface area contributed by atoms with Crippen molar-refractivity contribution in [2.45, 2.75) is 39.3 Å². The summed E-state index contributed by atoms with van der Waals surface area (Å²) in [5.74, 6) is -2.00. The number of benzene rings is 1. The maximum absolute atomic E-state index is 13.0. The van der Waals surface area contributed by atoms with E-state index in [-0.39, 0.29) is 17.7 Å². The number of rotatable bonds is 6. The Bertz CT molecular complexity index is 758. The molecule has 1 heterocycles. The number of allylic oxidation sites excluding steroid dienone is 2. The van der Waals surface area contributed by atoms with Crippen LogP contribution in [0.5, 0.6) is 0 Å². The van der Waals surface area contributed by atoms with E-state index in [4.69, 9.17) is 0 Å². The Balaban J connectivity index is 1.51. The zero-order chi connectivity index (χ0) is 18.3. The summed E-state index contributed by atoms with van der Waals surface area (Å²) in [5.41, 5.74) is 3.30. The molecule has 0 spiro atoms. The minimum absolute atomic E-state index is 0.000672. The standard InChI is InChI=1S/C21H26N2O3/c1-2-3-9-23-11-15-5-4-6-17(16(15)12-23)22-20(24)18-13-7-8-14(10-13)19(18)21(25)26/h4-8,13-14,18-19H,2-3,9-12H2,1H3,(H,22,24)(H,25,26). The third kappa shape index (κ3) is 2.94. The molecule has 4 rings (SSSR count). The molecule has 3 aliphatic rings. The van der Waals surface area contributed by atoms with Crippen molar-refractivity contribution in [3.63, 3.8) is 0 Å². The van der Waals surface area contributed by atoms with Gasteiger partial charge in [-0.3, -0.25) is 14.5 Å². The van der Waals surface area contributed by atoms with Crippen molar-refractivity contribution in [3.8, 4) is 0 Å². The summed E-state index contributed by atoms with van der Waals surface area (Å²) < 4.78 is 0. The highest BCUT2D eigenvalue weighted by Gasteiger charge is 2.51. The molecule has 5 heteroatoms. The van der Waals surface area contributed by atoms with Gasteiger partial charge in [0.1, 0.15) is 0 Å². The summed E-state index contributed by atoms with van der Waals surface area (Å²) in [6.07, 6.45) is 7.13. The van der Waals surface area contributed by atoms with Gasteiger partial charge < -0.3 is 10.4 Å². The second-order valence-electron chi connectivity index (χ2n) is 7.83. The Morgan fingerprint density at radius 1 is 1.19 bits per heavy atom. The largest absolute Gasteiger partial charge is 0.481 e. The zero-order valence-electron chi connectivity index (χ0n) is 15.1. The van der Waals surface area contributed by atoms with E-state index in [1.54, 1.807) is 0 Å². The maximum Gasteiger partial charge on any atom is 0.307 e. The van der Waals surface area contributed by atoms with Crippen LogP contribution in [0.3, 0.4) is 0 Å². The number of fused-ring (bicyclic) bond motifs is 3. The molecular weight excluding hydrogens is 328 g/mol. The molecule has 1 fully saturated rings. The van der Waals surface area contributed by atoms with Gasteiger partial charge in [-0.05, 0) is 48.4 Å². The van der Waals surface area contributed by atoms with Crippen LogP contribution in [0.25, 0.3) is 0 Å². The Morgan fingerprint density at radius 2 is 1.96 bits per heavy atom. The number of hydrogen-bond donors (Lipinski definition) is 2. The highest BCUT2D eigenvalue weighted by Crippen LogP contribution is 2.48. The lowest BCUT2D eigenvalue weighted by Crippen LogP contribution is -2.36. The Kier molecular flexibility index (Phi) is 4.57. The molecule has 0 aromatic heterocycles. The van der Waals surface area contributed by atoms with E-state index in [1.807, 2.05) is 24.3 Å². The second kappa shape index (κ2) is 6.88. The normalized spacial score (nSPS) is 29.1. The monoisotopic (exact) mass is 354 g/mol. The molecule has 26 heavy (non-hydrogen) atoms. The van der Waals surface area contributed by atoms with Crippen LogP contribution in [0.15, 0.2) is 30.4 Å². The molecule has 4 unspecified atom stereocenters. The van der Waals surface area contributed by atoms with Crippen LogP contribution in [0.4, 0.5) is 5.69 Å². The van der Waals surface area contributed by atoms with Gasteiger partial charge in [0.05, 0.1) is 11.8 Å². The number of anilines is 1. The predicted octanol–water partition coefficient (Wildman–Crippen LogP) is 3.26. The lowest BCUT2D eigenvalue weighted by atomic mass is 9.82. The third-order valence-corrected chi connectivity index (χ3v) is 6.18. The lowest BCUT2D eigenvalue weighted by Gasteiger charge is -2.24. The fourth-order valence-corrected chi connectivity index (χ4v) is 4.88. The maximum atomic E-state index is 13.0.